The van der Waals surface area contributed by atoms with Crippen molar-refractivity contribution in [2.24, 2.45) is 5.73 Å². The average molecular weight is 275 g/mol. The molecule has 100 valence electrons. The van der Waals surface area contributed by atoms with Gasteiger partial charge in [-0.3, -0.25) is 4.79 Å². The van der Waals surface area contributed by atoms with Gasteiger partial charge in [0.25, 0.3) is 5.91 Å². The van der Waals surface area contributed by atoms with Gasteiger partial charge in [-0.1, -0.05) is 30.3 Å². The van der Waals surface area contributed by atoms with Crippen molar-refractivity contribution in [3.8, 4) is 0 Å². The van der Waals surface area contributed by atoms with Crippen LogP contribution in [0.25, 0.3) is 0 Å². The molecule has 2 aromatic rings. The van der Waals surface area contributed by atoms with Crippen molar-refractivity contribution < 1.29 is 4.79 Å². The lowest BCUT2D eigenvalue weighted by molar-refractivity contribution is 0.0907. The molecule has 0 radical (unpaired) electrons. The normalized spacial score (nSPS) is 11.3. The predicted octanol–water partition coefficient (Wildman–Crippen LogP) is 2.27. The minimum atomic E-state index is -0.440. The van der Waals surface area contributed by atoms with E-state index in [2.05, 4.69) is 10.3 Å². The van der Waals surface area contributed by atoms with Crippen LogP contribution in [0.15, 0.2) is 35.7 Å². The molecule has 1 amide bonds. The third-order valence-corrected chi connectivity index (χ3v) is 3.75. The molecule has 1 aromatic heterocycles. The number of nitrogens with zero attached hydrogens (tertiary/aromatic N) is 1. The number of nitrogens with two attached hydrogens (primary N) is 1. The maximum absolute atomic E-state index is 12.2. The number of thiazole rings is 1. The van der Waals surface area contributed by atoms with Crippen molar-refractivity contribution in [3.63, 3.8) is 0 Å². The zero-order chi connectivity index (χ0) is 13.9. The van der Waals surface area contributed by atoms with Crippen LogP contribution in [0.5, 0.6) is 0 Å². The third kappa shape index (κ3) is 3.19. The molecule has 4 nitrogen and oxygen atoms in total. The predicted molar refractivity (Wildman–Crippen MR) is 76.9 cm³/mol. The summed E-state index contributed by atoms with van der Waals surface area (Å²) in [5.74, 6) is -0.176. The lowest BCUT2D eigenvalue weighted by Gasteiger charge is -2.26. The molecule has 1 heterocycles. The maximum atomic E-state index is 12.2. The third-order valence-electron chi connectivity index (χ3n) is 2.88. The lowest BCUT2D eigenvalue weighted by atomic mass is 9.94. The van der Waals surface area contributed by atoms with Gasteiger partial charge in [-0.15, -0.1) is 11.3 Å². The first kappa shape index (κ1) is 13.7. The highest BCUT2D eigenvalue weighted by Gasteiger charge is 2.24. The van der Waals surface area contributed by atoms with Crippen molar-refractivity contribution in [1.82, 2.24) is 10.3 Å². The SMILES string of the molecule is CC(C)(NC(=O)c1csc(CN)n1)c1ccccc1. The number of aromatic nitrogens is 1. The number of amides is 1. The maximum Gasteiger partial charge on any atom is 0.271 e. The van der Waals surface area contributed by atoms with Crippen LogP contribution < -0.4 is 11.1 Å². The summed E-state index contributed by atoms with van der Waals surface area (Å²) in [6.45, 7) is 4.30. The van der Waals surface area contributed by atoms with Gasteiger partial charge in [0.1, 0.15) is 10.7 Å². The van der Waals surface area contributed by atoms with Crippen LogP contribution in [0.4, 0.5) is 0 Å². The van der Waals surface area contributed by atoms with E-state index < -0.39 is 5.54 Å². The summed E-state index contributed by atoms with van der Waals surface area (Å²) in [4.78, 5) is 16.3. The van der Waals surface area contributed by atoms with Crippen LogP contribution in [0, 0.1) is 0 Å². The number of nitrogens with one attached hydrogen (secondary N) is 1. The van der Waals surface area contributed by atoms with Crippen molar-refractivity contribution in [2.45, 2.75) is 25.9 Å². The second-order valence-corrected chi connectivity index (χ2v) is 5.72. The summed E-state index contributed by atoms with van der Waals surface area (Å²) >= 11 is 1.40. The van der Waals surface area contributed by atoms with E-state index in [1.165, 1.54) is 11.3 Å². The van der Waals surface area contributed by atoms with Crippen LogP contribution in [-0.4, -0.2) is 10.9 Å². The summed E-state index contributed by atoms with van der Waals surface area (Å²) in [6.07, 6.45) is 0. The van der Waals surface area contributed by atoms with Gasteiger partial charge >= 0.3 is 0 Å². The highest BCUT2D eigenvalue weighted by atomic mass is 32.1. The molecule has 0 fully saturated rings. The van der Waals surface area contributed by atoms with Gasteiger partial charge < -0.3 is 11.1 Å². The van der Waals surface area contributed by atoms with Crippen molar-refractivity contribution in [2.75, 3.05) is 0 Å². The van der Waals surface area contributed by atoms with Gasteiger partial charge in [-0.2, -0.15) is 0 Å². The lowest BCUT2D eigenvalue weighted by Crippen LogP contribution is -2.41. The molecular formula is C14H17N3OS. The quantitative estimate of drug-likeness (QED) is 0.899. The fraction of sp³-hybridized carbons (Fsp3) is 0.286. The Morgan fingerprint density at radius 2 is 2.05 bits per heavy atom. The average Bonchev–Trinajstić information content (AvgIpc) is 2.88. The van der Waals surface area contributed by atoms with E-state index in [4.69, 9.17) is 5.73 Å². The molecule has 5 heteroatoms. The first-order valence-electron chi connectivity index (χ1n) is 6.05. The highest BCUT2D eigenvalue weighted by Crippen LogP contribution is 2.20. The van der Waals surface area contributed by atoms with E-state index in [-0.39, 0.29) is 5.91 Å². The molecule has 0 bridgehead atoms. The Hall–Kier alpha value is -1.72. The molecule has 0 spiro atoms. The van der Waals surface area contributed by atoms with E-state index in [1.807, 2.05) is 44.2 Å². The van der Waals surface area contributed by atoms with E-state index >= 15 is 0 Å². The monoisotopic (exact) mass is 275 g/mol. The van der Waals surface area contributed by atoms with Crippen LogP contribution in [-0.2, 0) is 12.1 Å². The molecule has 0 aliphatic rings. The van der Waals surface area contributed by atoms with Crippen LogP contribution in [0.3, 0.4) is 0 Å². The molecule has 0 aliphatic heterocycles. The topological polar surface area (TPSA) is 68.0 Å². The Kier molecular flexibility index (Phi) is 3.97. The fourth-order valence-corrected chi connectivity index (χ4v) is 2.44. The number of benzene rings is 1. The van der Waals surface area contributed by atoms with E-state index in [0.717, 1.165) is 10.6 Å². The summed E-state index contributed by atoms with van der Waals surface area (Å²) in [5.41, 5.74) is 6.54. The zero-order valence-electron chi connectivity index (χ0n) is 11.0. The standard InChI is InChI=1S/C14H17N3OS/c1-14(2,10-6-4-3-5-7-10)17-13(18)11-9-19-12(8-15)16-11/h3-7,9H,8,15H2,1-2H3,(H,17,18). The minimum Gasteiger partial charge on any atom is -0.342 e. The smallest absolute Gasteiger partial charge is 0.271 e. The Bertz CT molecular complexity index is 563. The van der Waals surface area contributed by atoms with Crippen molar-refractivity contribution in [1.29, 1.82) is 0 Å². The van der Waals surface area contributed by atoms with Gasteiger partial charge in [0.15, 0.2) is 0 Å². The summed E-state index contributed by atoms with van der Waals surface area (Å²) in [5, 5.41) is 5.49. The van der Waals surface area contributed by atoms with E-state index in [1.54, 1.807) is 5.38 Å². The van der Waals surface area contributed by atoms with E-state index in [9.17, 15) is 4.79 Å². The largest absolute Gasteiger partial charge is 0.342 e. The van der Waals surface area contributed by atoms with Gasteiger partial charge in [0.05, 0.1) is 5.54 Å². The first-order valence-corrected chi connectivity index (χ1v) is 6.93. The zero-order valence-corrected chi connectivity index (χ0v) is 11.8. The van der Waals surface area contributed by atoms with Gasteiger partial charge in [0, 0.05) is 11.9 Å². The molecule has 19 heavy (non-hydrogen) atoms. The van der Waals surface area contributed by atoms with Crippen LogP contribution >= 0.6 is 11.3 Å². The summed E-state index contributed by atoms with van der Waals surface area (Å²) in [7, 11) is 0. The number of rotatable bonds is 4. The number of carbonyl (C=O) groups is 1. The van der Waals surface area contributed by atoms with Crippen molar-refractivity contribution in [3.05, 3.63) is 52.0 Å². The summed E-state index contributed by atoms with van der Waals surface area (Å²) < 4.78 is 0. The number of carbonyl (C=O) groups excluding carboxylic acids is 1. The highest BCUT2D eigenvalue weighted by molar-refractivity contribution is 7.09. The number of hydrogen-bond donors (Lipinski definition) is 2. The second kappa shape index (κ2) is 5.50. The van der Waals surface area contributed by atoms with Gasteiger partial charge in [0.2, 0.25) is 0 Å². The Morgan fingerprint density at radius 3 is 2.63 bits per heavy atom. The molecular weight excluding hydrogens is 258 g/mol. The fourth-order valence-electron chi connectivity index (χ4n) is 1.78. The first-order chi connectivity index (χ1) is 9.03. The Morgan fingerprint density at radius 1 is 1.37 bits per heavy atom. The number of hydrogen-bond acceptors (Lipinski definition) is 4. The molecule has 1 aromatic carbocycles. The molecule has 0 unspecified atom stereocenters. The minimum absolute atomic E-state index is 0.176. The van der Waals surface area contributed by atoms with E-state index in [0.29, 0.717) is 12.2 Å². The van der Waals surface area contributed by atoms with Gasteiger partial charge in [-0.25, -0.2) is 4.98 Å². The van der Waals surface area contributed by atoms with Crippen molar-refractivity contribution >= 4 is 17.2 Å². The Labute approximate surface area is 116 Å². The van der Waals surface area contributed by atoms with Gasteiger partial charge in [-0.05, 0) is 19.4 Å². The molecule has 0 saturated heterocycles. The second-order valence-electron chi connectivity index (χ2n) is 4.78. The Balaban J connectivity index is 2.14. The molecule has 0 saturated carbocycles. The molecule has 3 N–H and O–H groups in total. The molecule has 0 aliphatic carbocycles. The molecule has 0 atom stereocenters. The summed E-state index contributed by atoms with van der Waals surface area (Å²) in [6, 6.07) is 9.85. The van der Waals surface area contributed by atoms with Crippen LogP contribution in [0.1, 0.15) is 34.9 Å². The van der Waals surface area contributed by atoms with Crippen LogP contribution in [0.2, 0.25) is 0 Å². The molecule has 2 rings (SSSR count).